The van der Waals surface area contributed by atoms with Crippen LogP contribution in [0.25, 0.3) is 0 Å². The fraction of sp³-hybridized carbons (Fsp3) is 0.643. The number of rotatable bonds is 4. The molecule has 0 amide bonds. The molecule has 0 radical (unpaired) electrons. The molecule has 1 aromatic heterocycles. The predicted octanol–water partition coefficient (Wildman–Crippen LogP) is 2.57. The first-order valence-electron chi connectivity index (χ1n) is 6.45. The first kappa shape index (κ1) is 12.5. The van der Waals surface area contributed by atoms with E-state index in [1.54, 1.807) is 0 Å². The SMILES string of the molecule is Cc1cncc(COCC2(N)CCCCC2)c1. The quantitative estimate of drug-likeness (QED) is 0.871. The lowest BCUT2D eigenvalue weighted by Gasteiger charge is -2.33. The molecule has 0 aliphatic heterocycles. The summed E-state index contributed by atoms with van der Waals surface area (Å²) in [6.07, 6.45) is 9.71. The second kappa shape index (κ2) is 5.61. The van der Waals surface area contributed by atoms with E-state index in [1.165, 1.54) is 24.8 Å². The van der Waals surface area contributed by atoms with Gasteiger partial charge in [0.05, 0.1) is 13.2 Å². The van der Waals surface area contributed by atoms with E-state index in [0.29, 0.717) is 13.2 Å². The second-order valence-corrected chi connectivity index (χ2v) is 5.29. The predicted molar refractivity (Wildman–Crippen MR) is 68.6 cm³/mol. The molecule has 0 atom stereocenters. The zero-order valence-corrected chi connectivity index (χ0v) is 10.6. The Hall–Kier alpha value is -0.930. The lowest BCUT2D eigenvalue weighted by molar-refractivity contribution is 0.0573. The third-order valence-electron chi connectivity index (χ3n) is 3.44. The number of ether oxygens (including phenoxy) is 1. The highest BCUT2D eigenvalue weighted by molar-refractivity contribution is 5.15. The zero-order valence-electron chi connectivity index (χ0n) is 10.6. The van der Waals surface area contributed by atoms with Crippen molar-refractivity contribution in [2.24, 2.45) is 5.73 Å². The largest absolute Gasteiger partial charge is 0.375 e. The molecule has 1 aromatic rings. The zero-order chi connectivity index (χ0) is 12.1. The highest BCUT2D eigenvalue weighted by atomic mass is 16.5. The Kier molecular flexibility index (Phi) is 4.13. The Morgan fingerprint density at radius 2 is 2.06 bits per heavy atom. The van der Waals surface area contributed by atoms with Crippen molar-refractivity contribution in [2.45, 2.75) is 51.2 Å². The van der Waals surface area contributed by atoms with Crippen molar-refractivity contribution in [1.29, 1.82) is 0 Å². The van der Waals surface area contributed by atoms with Crippen molar-refractivity contribution < 1.29 is 4.74 Å². The minimum atomic E-state index is -0.0878. The van der Waals surface area contributed by atoms with Crippen molar-refractivity contribution in [2.75, 3.05) is 6.61 Å². The number of hydrogen-bond donors (Lipinski definition) is 1. The van der Waals surface area contributed by atoms with Crippen LogP contribution in [-0.2, 0) is 11.3 Å². The van der Waals surface area contributed by atoms with Crippen LogP contribution in [0.5, 0.6) is 0 Å². The topological polar surface area (TPSA) is 48.1 Å². The molecule has 94 valence electrons. The number of nitrogens with zero attached hydrogens (tertiary/aromatic N) is 1. The van der Waals surface area contributed by atoms with Crippen LogP contribution in [0.1, 0.15) is 43.2 Å². The standard InChI is InChI=1S/C14H22N2O/c1-12-7-13(9-16-8-12)10-17-11-14(15)5-3-2-4-6-14/h7-9H,2-6,10-11,15H2,1H3. The summed E-state index contributed by atoms with van der Waals surface area (Å²) in [4.78, 5) is 4.16. The Bertz CT molecular complexity index is 359. The molecule has 1 saturated carbocycles. The molecule has 0 aromatic carbocycles. The molecule has 0 bridgehead atoms. The summed E-state index contributed by atoms with van der Waals surface area (Å²) in [5, 5.41) is 0. The van der Waals surface area contributed by atoms with Gasteiger partial charge in [-0.1, -0.05) is 25.3 Å². The first-order valence-corrected chi connectivity index (χ1v) is 6.45. The minimum absolute atomic E-state index is 0.0878. The van der Waals surface area contributed by atoms with Crippen LogP contribution in [0.15, 0.2) is 18.5 Å². The van der Waals surface area contributed by atoms with Crippen molar-refractivity contribution >= 4 is 0 Å². The van der Waals surface area contributed by atoms with Gasteiger partial charge >= 0.3 is 0 Å². The van der Waals surface area contributed by atoms with Crippen molar-refractivity contribution in [3.05, 3.63) is 29.6 Å². The minimum Gasteiger partial charge on any atom is -0.375 e. The van der Waals surface area contributed by atoms with E-state index >= 15 is 0 Å². The van der Waals surface area contributed by atoms with Gasteiger partial charge in [0, 0.05) is 17.9 Å². The fourth-order valence-electron chi connectivity index (χ4n) is 2.47. The summed E-state index contributed by atoms with van der Waals surface area (Å²) in [5.74, 6) is 0. The van der Waals surface area contributed by atoms with Crippen molar-refractivity contribution in [3.8, 4) is 0 Å². The van der Waals surface area contributed by atoms with Crippen LogP contribution in [0, 0.1) is 6.92 Å². The van der Waals surface area contributed by atoms with Crippen molar-refractivity contribution in [1.82, 2.24) is 4.98 Å². The summed E-state index contributed by atoms with van der Waals surface area (Å²) in [6, 6.07) is 2.11. The van der Waals surface area contributed by atoms with Crippen LogP contribution >= 0.6 is 0 Å². The third kappa shape index (κ3) is 3.79. The molecule has 0 spiro atoms. The van der Waals surface area contributed by atoms with Crippen LogP contribution in [-0.4, -0.2) is 17.1 Å². The second-order valence-electron chi connectivity index (χ2n) is 5.29. The van der Waals surface area contributed by atoms with Gasteiger partial charge in [-0.3, -0.25) is 4.98 Å². The maximum Gasteiger partial charge on any atom is 0.0732 e. The molecule has 1 fully saturated rings. The fourth-order valence-corrected chi connectivity index (χ4v) is 2.47. The summed E-state index contributed by atoms with van der Waals surface area (Å²) in [7, 11) is 0. The number of aryl methyl sites for hydroxylation is 1. The van der Waals surface area contributed by atoms with Gasteiger partial charge in [0.2, 0.25) is 0 Å². The number of hydrogen-bond acceptors (Lipinski definition) is 3. The lowest BCUT2D eigenvalue weighted by atomic mass is 9.83. The molecule has 1 aliphatic rings. The molecular formula is C14H22N2O. The molecule has 2 rings (SSSR count). The highest BCUT2D eigenvalue weighted by Gasteiger charge is 2.27. The van der Waals surface area contributed by atoms with E-state index in [1.807, 2.05) is 19.3 Å². The number of nitrogens with two attached hydrogens (primary N) is 1. The van der Waals surface area contributed by atoms with E-state index in [0.717, 1.165) is 18.4 Å². The Labute approximate surface area is 103 Å². The van der Waals surface area contributed by atoms with Crippen molar-refractivity contribution in [3.63, 3.8) is 0 Å². The summed E-state index contributed by atoms with van der Waals surface area (Å²) >= 11 is 0. The molecule has 1 aliphatic carbocycles. The van der Waals surface area contributed by atoms with Crippen LogP contribution in [0.3, 0.4) is 0 Å². The summed E-state index contributed by atoms with van der Waals surface area (Å²) < 4.78 is 5.75. The average molecular weight is 234 g/mol. The summed E-state index contributed by atoms with van der Waals surface area (Å²) in [6.45, 7) is 3.33. The molecule has 0 unspecified atom stereocenters. The molecule has 3 nitrogen and oxygen atoms in total. The maximum absolute atomic E-state index is 6.31. The third-order valence-corrected chi connectivity index (χ3v) is 3.44. The Morgan fingerprint density at radius 1 is 1.29 bits per heavy atom. The van der Waals surface area contributed by atoms with E-state index in [-0.39, 0.29) is 5.54 Å². The van der Waals surface area contributed by atoms with E-state index in [4.69, 9.17) is 10.5 Å². The van der Waals surface area contributed by atoms with E-state index < -0.39 is 0 Å². The van der Waals surface area contributed by atoms with Crippen LogP contribution < -0.4 is 5.73 Å². The molecule has 3 heteroatoms. The number of pyridine rings is 1. The van der Waals surface area contributed by atoms with Gasteiger partial charge in [-0.05, 0) is 30.9 Å². The van der Waals surface area contributed by atoms with Gasteiger partial charge < -0.3 is 10.5 Å². The van der Waals surface area contributed by atoms with Gasteiger partial charge in [-0.25, -0.2) is 0 Å². The normalized spacial score (nSPS) is 19.2. The molecule has 17 heavy (non-hydrogen) atoms. The first-order chi connectivity index (χ1) is 8.18. The Balaban J connectivity index is 1.79. The smallest absolute Gasteiger partial charge is 0.0732 e. The Morgan fingerprint density at radius 3 is 2.76 bits per heavy atom. The summed E-state index contributed by atoms with van der Waals surface area (Å²) in [5.41, 5.74) is 8.53. The molecular weight excluding hydrogens is 212 g/mol. The van der Waals surface area contributed by atoms with Gasteiger partial charge in [-0.2, -0.15) is 0 Å². The van der Waals surface area contributed by atoms with E-state index in [2.05, 4.69) is 11.1 Å². The van der Waals surface area contributed by atoms with Crippen LogP contribution in [0.4, 0.5) is 0 Å². The van der Waals surface area contributed by atoms with Gasteiger partial charge in [0.15, 0.2) is 0 Å². The number of aromatic nitrogens is 1. The average Bonchev–Trinajstić information content (AvgIpc) is 2.30. The van der Waals surface area contributed by atoms with Gasteiger partial charge in [0.25, 0.3) is 0 Å². The molecule has 1 heterocycles. The van der Waals surface area contributed by atoms with E-state index in [9.17, 15) is 0 Å². The van der Waals surface area contributed by atoms with Crippen LogP contribution in [0.2, 0.25) is 0 Å². The molecule has 0 saturated heterocycles. The highest BCUT2D eigenvalue weighted by Crippen LogP contribution is 2.26. The lowest BCUT2D eigenvalue weighted by Crippen LogP contribution is -2.46. The van der Waals surface area contributed by atoms with Gasteiger partial charge in [0.1, 0.15) is 0 Å². The molecule has 2 N–H and O–H groups in total. The van der Waals surface area contributed by atoms with Gasteiger partial charge in [-0.15, -0.1) is 0 Å². The monoisotopic (exact) mass is 234 g/mol. The maximum atomic E-state index is 6.31.